The van der Waals surface area contributed by atoms with Gasteiger partial charge in [-0.2, -0.15) is 0 Å². The molecule has 0 radical (unpaired) electrons. The number of hydrogen-bond acceptors (Lipinski definition) is 3. The third kappa shape index (κ3) is 5.27. The minimum atomic E-state index is -0.822. The van der Waals surface area contributed by atoms with Crippen LogP contribution in [0.2, 0.25) is 0 Å². The molecule has 1 amide bonds. The van der Waals surface area contributed by atoms with Gasteiger partial charge in [0.25, 0.3) is 0 Å². The first-order valence-electron chi connectivity index (χ1n) is 6.72. The van der Waals surface area contributed by atoms with E-state index >= 15 is 0 Å². The molecule has 0 saturated heterocycles. The van der Waals surface area contributed by atoms with Gasteiger partial charge in [0.15, 0.2) is 0 Å². The number of aliphatic hydroxyl groups is 1. The number of benzene rings is 1. The lowest BCUT2D eigenvalue weighted by Gasteiger charge is -2.25. The zero-order valence-corrected chi connectivity index (χ0v) is 12.2. The molecule has 0 spiro atoms. The number of hydrogen-bond donors (Lipinski definition) is 3. The highest BCUT2D eigenvalue weighted by Crippen LogP contribution is 2.16. The molecule has 1 aromatic carbocycles. The molecule has 0 bridgehead atoms. The summed E-state index contributed by atoms with van der Waals surface area (Å²) in [6, 6.07) is 4.15. The first-order chi connectivity index (χ1) is 9.21. The third-order valence-corrected chi connectivity index (χ3v) is 3.01. The molecule has 4 nitrogen and oxygen atoms in total. The Morgan fingerprint density at radius 3 is 2.65 bits per heavy atom. The van der Waals surface area contributed by atoms with Crippen LogP contribution in [0.15, 0.2) is 18.2 Å². The van der Waals surface area contributed by atoms with Crippen molar-refractivity contribution < 1.29 is 14.3 Å². The SMILES string of the molecule is CC(C)CC(C)(O)CNCc1ccc(C(N)=O)cc1F. The molecule has 1 rings (SSSR count). The maximum atomic E-state index is 13.7. The van der Waals surface area contributed by atoms with Gasteiger partial charge in [-0.15, -0.1) is 0 Å². The van der Waals surface area contributed by atoms with Gasteiger partial charge in [-0.25, -0.2) is 4.39 Å². The number of carbonyl (C=O) groups is 1. The fourth-order valence-corrected chi connectivity index (χ4v) is 2.26. The van der Waals surface area contributed by atoms with E-state index in [1.807, 2.05) is 13.8 Å². The van der Waals surface area contributed by atoms with E-state index in [-0.39, 0.29) is 5.56 Å². The number of amides is 1. The maximum Gasteiger partial charge on any atom is 0.248 e. The summed E-state index contributed by atoms with van der Waals surface area (Å²) in [5, 5.41) is 13.2. The first kappa shape index (κ1) is 16.6. The van der Waals surface area contributed by atoms with E-state index < -0.39 is 17.3 Å². The highest BCUT2D eigenvalue weighted by molar-refractivity contribution is 5.92. The molecular formula is C15H23FN2O2. The summed E-state index contributed by atoms with van der Waals surface area (Å²) in [6.07, 6.45) is 0.670. The van der Waals surface area contributed by atoms with Gasteiger partial charge in [-0.1, -0.05) is 19.9 Å². The molecule has 0 heterocycles. The Kier molecular flexibility index (Phi) is 5.65. The molecule has 0 aliphatic carbocycles. The van der Waals surface area contributed by atoms with Crippen LogP contribution in [0, 0.1) is 11.7 Å². The topological polar surface area (TPSA) is 75.3 Å². The summed E-state index contributed by atoms with van der Waals surface area (Å²) in [7, 11) is 0. The highest BCUT2D eigenvalue weighted by atomic mass is 19.1. The van der Waals surface area contributed by atoms with Crippen LogP contribution in [0.1, 0.15) is 43.1 Å². The average Bonchev–Trinajstić information content (AvgIpc) is 2.29. The van der Waals surface area contributed by atoms with Crippen molar-refractivity contribution in [2.45, 2.75) is 39.3 Å². The number of primary amides is 1. The molecule has 0 saturated carbocycles. The van der Waals surface area contributed by atoms with Crippen LogP contribution >= 0.6 is 0 Å². The van der Waals surface area contributed by atoms with Gasteiger partial charge in [0, 0.05) is 24.2 Å². The molecular weight excluding hydrogens is 259 g/mol. The van der Waals surface area contributed by atoms with E-state index in [0.29, 0.717) is 31.0 Å². The monoisotopic (exact) mass is 282 g/mol. The molecule has 20 heavy (non-hydrogen) atoms. The Bertz CT molecular complexity index is 473. The second kappa shape index (κ2) is 6.81. The van der Waals surface area contributed by atoms with Gasteiger partial charge < -0.3 is 16.2 Å². The minimum Gasteiger partial charge on any atom is -0.389 e. The molecule has 1 atom stereocenters. The van der Waals surface area contributed by atoms with Crippen LogP contribution < -0.4 is 11.1 Å². The number of rotatable bonds is 7. The van der Waals surface area contributed by atoms with Gasteiger partial charge in [-0.05, 0) is 31.4 Å². The van der Waals surface area contributed by atoms with Crippen molar-refractivity contribution in [2.24, 2.45) is 11.7 Å². The van der Waals surface area contributed by atoms with Crippen LogP contribution in [0.25, 0.3) is 0 Å². The summed E-state index contributed by atoms with van der Waals surface area (Å²) in [6.45, 7) is 6.50. The predicted octanol–water partition coefficient (Wildman–Crippen LogP) is 1.81. The van der Waals surface area contributed by atoms with Crippen molar-refractivity contribution in [3.05, 3.63) is 35.1 Å². The van der Waals surface area contributed by atoms with Gasteiger partial charge >= 0.3 is 0 Å². The highest BCUT2D eigenvalue weighted by Gasteiger charge is 2.21. The number of nitrogens with two attached hydrogens (primary N) is 1. The largest absolute Gasteiger partial charge is 0.389 e. The van der Waals surface area contributed by atoms with Crippen molar-refractivity contribution in [2.75, 3.05) is 6.54 Å². The Labute approximate surface area is 119 Å². The summed E-state index contributed by atoms with van der Waals surface area (Å²) in [4.78, 5) is 10.9. The van der Waals surface area contributed by atoms with E-state index in [0.717, 1.165) is 6.07 Å². The smallest absolute Gasteiger partial charge is 0.248 e. The molecule has 0 fully saturated rings. The van der Waals surface area contributed by atoms with Gasteiger partial charge in [0.05, 0.1) is 5.60 Å². The maximum absolute atomic E-state index is 13.7. The predicted molar refractivity (Wildman–Crippen MR) is 76.7 cm³/mol. The van der Waals surface area contributed by atoms with E-state index in [1.54, 1.807) is 6.92 Å². The summed E-state index contributed by atoms with van der Waals surface area (Å²) < 4.78 is 13.7. The molecule has 5 heteroatoms. The normalized spacial score (nSPS) is 14.3. The van der Waals surface area contributed by atoms with Crippen molar-refractivity contribution >= 4 is 5.91 Å². The van der Waals surface area contributed by atoms with Crippen molar-refractivity contribution in [1.82, 2.24) is 5.32 Å². The van der Waals surface area contributed by atoms with E-state index in [2.05, 4.69) is 5.32 Å². The number of carbonyl (C=O) groups excluding carboxylic acids is 1. The zero-order chi connectivity index (χ0) is 15.3. The quantitative estimate of drug-likeness (QED) is 0.714. The van der Waals surface area contributed by atoms with Crippen molar-refractivity contribution in [3.8, 4) is 0 Å². The van der Waals surface area contributed by atoms with Crippen molar-refractivity contribution in [3.63, 3.8) is 0 Å². The van der Waals surface area contributed by atoms with E-state index in [9.17, 15) is 14.3 Å². The third-order valence-electron chi connectivity index (χ3n) is 3.01. The van der Waals surface area contributed by atoms with Gasteiger partial charge in [-0.3, -0.25) is 4.79 Å². The zero-order valence-electron chi connectivity index (χ0n) is 12.2. The molecule has 4 N–H and O–H groups in total. The van der Waals surface area contributed by atoms with Crippen molar-refractivity contribution in [1.29, 1.82) is 0 Å². The number of halogens is 1. The summed E-state index contributed by atoms with van der Waals surface area (Å²) in [5.74, 6) is -0.737. The Morgan fingerprint density at radius 1 is 1.50 bits per heavy atom. The Hall–Kier alpha value is -1.46. The average molecular weight is 282 g/mol. The summed E-state index contributed by atoms with van der Waals surface area (Å²) in [5.41, 5.74) is 4.85. The van der Waals surface area contributed by atoms with Crippen LogP contribution in [0.4, 0.5) is 4.39 Å². The van der Waals surface area contributed by atoms with Crippen LogP contribution in [0.5, 0.6) is 0 Å². The standard InChI is InChI=1S/C15H23FN2O2/c1-10(2)7-15(3,20)9-18-8-12-5-4-11(14(17)19)6-13(12)16/h4-6,10,18,20H,7-9H2,1-3H3,(H2,17,19). The van der Waals surface area contributed by atoms with E-state index in [4.69, 9.17) is 5.73 Å². The lowest BCUT2D eigenvalue weighted by Crippen LogP contribution is -2.38. The van der Waals surface area contributed by atoms with Crippen LogP contribution in [0.3, 0.4) is 0 Å². The number of nitrogens with one attached hydrogen (secondary N) is 1. The van der Waals surface area contributed by atoms with Gasteiger partial charge in [0.1, 0.15) is 5.82 Å². The molecule has 1 aromatic rings. The lowest BCUT2D eigenvalue weighted by molar-refractivity contribution is 0.0382. The van der Waals surface area contributed by atoms with Crippen LogP contribution in [-0.2, 0) is 6.54 Å². The fraction of sp³-hybridized carbons (Fsp3) is 0.533. The molecule has 1 unspecified atom stereocenters. The van der Waals surface area contributed by atoms with E-state index in [1.165, 1.54) is 12.1 Å². The molecule has 0 aromatic heterocycles. The molecule has 112 valence electrons. The first-order valence-corrected chi connectivity index (χ1v) is 6.72. The second-order valence-corrected chi connectivity index (χ2v) is 5.87. The lowest BCUT2D eigenvalue weighted by atomic mass is 9.94. The Balaban J connectivity index is 2.56. The molecule has 0 aliphatic rings. The fourth-order valence-electron chi connectivity index (χ4n) is 2.26. The second-order valence-electron chi connectivity index (χ2n) is 5.87. The molecule has 0 aliphatic heterocycles. The summed E-state index contributed by atoms with van der Waals surface area (Å²) >= 11 is 0. The van der Waals surface area contributed by atoms with Crippen LogP contribution in [-0.4, -0.2) is 23.2 Å². The Morgan fingerprint density at radius 2 is 2.15 bits per heavy atom. The van der Waals surface area contributed by atoms with Gasteiger partial charge in [0.2, 0.25) is 5.91 Å². The minimum absolute atomic E-state index is 0.151.